The molecule has 0 saturated heterocycles. The van der Waals surface area contributed by atoms with Gasteiger partial charge in [-0.05, 0) is 42.5 Å². The average molecular weight is 401 g/mol. The van der Waals surface area contributed by atoms with Crippen LogP contribution in [0.1, 0.15) is 5.56 Å². The highest BCUT2D eigenvalue weighted by Gasteiger charge is 2.15. The van der Waals surface area contributed by atoms with Crippen LogP contribution in [0.5, 0.6) is 17.2 Å². The fourth-order valence-electron chi connectivity index (χ4n) is 2.81. The fourth-order valence-corrected chi connectivity index (χ4v) is 3.34. The van der Waals surface area contributed by atoms with E-state index in [-0.39, 0.29) is 5.75 Å². The normalized spacial score (nSPS) is 10.6. The highest BCUT2D eigenvalue weighted by atomic mass is 32.1. The minimum Gasteiger partial charge on any atom is -0.507 e. The Kier molecular flexibility index (Phi) is 5.62. The topological polar surface area (TPSA) is 57.7 Å². The molecule has 2 N–H and O–H groups in total. The van der Waals surface area contributed by atoms with Crippen LogP contribution in [0, 0.1) is 4.64 Å². The van der Waals surface area contributed by atoms with E-state index in [1.54, 1.807) is 20.3 Å². The fraction of sp³-hybridized carbons (Fsp3) is 0.200. The summed E-state index contributed by atoms with van der Waals surface area (Å²) in [5.41, 5.74) is 2.27. The number of benzene rings is 2. The number of fused-ring (bicyclic) bond motifs is 1. The lowest BCUT2D eigenvalue weighted by Gasteiger charge is -2.21. The Morgan fingerprint density at radius 3 is 2.33 bits per heavy atom. The van der Waals surface area contributed by atoms with Gasteiger partial charge in [0.1, 0.15) is 21.9 Å². The molecule has 7 heteroatoms. The number of anilines is 1. The molecule has 140 valence electrons. The molecule has 27 heavy (non-hydrogen) atoms. The number of nitrogens with zero attached hydrogens (tertiary/aromatic N) is 1. The first-order valence-corrected chi connectivity index (χ1v) is 9.08. The number of aromatic amines is 1. The number of methoxy groups -OCH3 is 2. The minimum absolute atomic E-state index is 0.123. The molecule has 2 aromatic carbocycles. The molecule has 0 amide bonds. The van der Waals surface area contributed by atoms with Gasteiger partial charge in [0.15, 0.2) is 0 Å². The first kappa shape index (κ1) is 19.1. The van der Waals surface area contributed by atoms with E-state index < -0.39 is 0 Å². The van der Waals surface area contributed by atoms with Crippen molar-refractivity contribution < 1.29 is 14.6 Å². The Labute approximate surface area is 168 Å². The summed E-state index contributed by atoms with van der Waals surface area (Å²) in [6.07, 6.45) is 0.339. The van der Waals surface area contributed by atoms with E-state index in [2.05, 4.69) is 4.98 Å². The first-order valence-electron chi connectivity index (χ1n) is 8.27. The number of rotatable bonds is 5. The molecule has 0 aliphatic carbocycles. The standard InChI is InChI=1S/C20H20N2O3S2/c1-22(12-4-6-13(24-2)7-5-12)18(26)11-16-19(23)15-10-14(25-3)8-9-17(15)21-20(16)27/h4-10H,11H2,1-3H3,(H2,21,23,27). The number of hydrogen-bond donors (Lipinski definition) is 2. The smallest absolute Gasteiger partial charge is 0.131 e. The maximum absolute atomic E-state index is 10.8. The average Bonchev–Trinajstić information content (AvgIpc) is 2.70. The summed E-state index contributed by atoms with van der Waals surface area (Å²) in [6.45, 7) is 0. The van der Waals surface area contributed by atoms with E-state index in [9.17, 15) is 5.11 Å². The summed E-state index contributed by atoms with van der Waals surface area (Å²) in [4.78, 5) is 5.68. The molecule has 0 spiro atoms. The number of likely N-dealkylation sites (N-methyl/N-ethyl adjacent to an activating group) is 1. The second kappa shape index (κ2) is 7.94. The summed E-state index contributed by atoms with van der Waals surface area (Å²) in [5.74, 6) is 1.56. The Morgan fingerprint density at radius 1 is 1.07 bits per heavy atom. The van der Waals surface area contributed by atoms with Gasteiger partial charge in [0.2, 0.25) is 0 Å². The van der Waals surface area contributed by atoms with Gasteiger partial charge in [-0.3, -0.25) is 0 Å². The van der Waals surface area contributed by atoms with Crippen LogP contribution in [0.2, 0.25) is 0 Å². The zero-order chi connectivity index (χ0) is 19.6. The summed E-state index contributed by atoms with van der Waals surface area (Å²) in [5, 5.41) is 11.4. The summed E-state index contributed by atoms with van der Waals surface area (Å²) < 4.78 is 10.9. The van der Waals surface area contributed by atoms with Crippen LogP contribution in [0.25, 0.3) is 10.9 Å². The molecular weight excluding hydrogens is 380 g/mol. The predicted octanol–water partition coefficient (Wildman–Crippen LogP) is 4.63. The number of H-pyrrole nitrogens is 1. The van der Waals surface area contributed by atoms with E-state index in [0.717, 1.165) is 17.0 Å². The first-order chi connectivity index (χ1) is 12.9. The molecule has 0 fully saturated rings. The summed E-state index contributed by atoms with van der Waals surface area (Å²) >= 11 is 11.0. The predicted molar refractivity (Wildman–Crippen MR) is 115 cm³/mol. The van der Waals surface area contributed by atoms with Crippen LogP contribution in [-0.2, 0) is 6.42 Å². The SMILES string of the molecule is COc1ccc(N(C)C(=S)Cc2c(O)c3cc(OC)ccc3[nH]c2=S)cc1. The molecule has 1 heterocycles. The lowest BCUT2D eigenvalue weighted by atomic mass is 10.1. The van der Waals surface area contributed by atoms with Crippen LogP contribution in [0.15, 0.2) is 42.5 Å². The molecule has 0 atom stereocenters. The molecule has 0 radical (unpaired) electrons. The van der Waals surface area contributed by atoms with Crippen LogP contribution < -0.4 is 14.4 Å². The monoisotopic (exact) mass is 400 g/mol. The number of aromatic nitrogens is 1. The summed E-state index contributed by atoms with van der Waals surface area (Å²) in [6, 6.07) is 13.0. The van der Waals surface area contributed by atoms with Crippen LogP contribution in [0.3, 0.4) is 0 Å². The molecule has 0 aliphatic heterocycles. The third kappa shape index (κ3) is 3.89. The van der Waals surface area contributed by atoms with Crippen molar-refractivity contribution in [2.45, 2.75) is 6.42 Å². The van der Waals surface area contributed by atoms with Crippen LogP contribution in [-0.4, -0.2) is 36.3 Å². The highest BCUT2D eigenvalue weighted by molar-refractivity contribution is 7.80. The van der Waals surface area contributed by atoms with Crippen molar-refractivity contribution in [3.8, 4) is 17.2 Å². The highest BCUT2D eigenvalue weighted by Crippen LogP contribution is 2.32. The Morgan fingerprint density at radius 2 is 1.70 bits per heavy atom. The Bertz CT molecular complexity index is 1050. The third-order valence-electron chi connectivity index (χ3n) is 4.45. The number of thiocarbonyl (C=S) groups is 1. The molecule has 0 bridgehead atoms. The molecule has 0 aliphatic rings. The molecule has 1 aromatic heterocycles. The van der Waals surface area contributed by atoms with Gasteiger partial charge in [-0.2, -0.15) is 0 Å². The van der Waals surface area contributed by atoms with Crippen molar-refractivity contribution in [1.82, 2.24) is 4.98 Å². The van der Waals surface area contributed by atoms with E-state index in [4.69, 9.17) is 33.9 Å². The largest absolute Gasteiger partial charge is 0.507 e. The van der Waals surface area contributed by atoms with Gasteiger partial charge >= 0.3 is 0 Å². The van der Waals surface area contributed by atoms with Crippen LogP contribution in [0.4, 0.5) is 5.69 Å². The third-order valence-corrected chi connectivity index (χ3v) is 5.22. The number of hydrogen-bond acceptors (Lipinski definition) is 5. The van der Waals surface area contributed by atoms with Crippen molar-refractivity contribution in [1.29, 1.82) is 0 Å². The van der Waals surface area contributed by atoms with E-state index in [0.29, 0.717) is 32.7 Å². The number of pyridine rings is 1. The van der Waals surface area contributed by atoms with Crippen molar-refractivity contribution in [3.05, 3.63) is 52.7 Å². The van der Waals surface area contributed by atoms with Gasteiger partial charge in [-0.1, -0.05) is 24.4 Å². The maximum atomic E-state index is 10.8. The van der Waals surface area contributed by atoms with Gasteiger partial charge in [0.05, 0.1) is 24.7 Å². The van der Waals surface area contributed by atoms with Gasteiger partial charge in [0.25, 0.3) is 0 Å². The molecule has 3 rings (SSSR count). The lowest BCUT2D eigenvalue weighted by Crippen LogP contribution is -2.26. The van der Waals surface area contributed by atoms with Gasteiger partial charge in [-0.15, -0.1) is 0 Å². The molecular formula is C20H20N2O3S2. The zero-order valence-corrected chi connectivity index (χ0v) is 16.9. The van der Waals surface area contributed by atoms with Crippen molar-refractivity contribution in [2.75, 3.05) is 26.2 Å². The van der Waals surface area contributed by atoms with Crippen LogP contribution >= 0.6 is 24.4 Å². The van der Waals surface area contributed by atoms with E-state index in [1.807, 2.05) is 48.3 Å². The van der Waals surface area contributed by atoms with E-state index in [1.165, 1.54) is 0 Å². The Balaban J connectivity index is 1.92. The molecule has 0 saturated carbocycles. The maximum Gasteiger partial charge on any atom is 0.131 e. The number of ether oxygens (including phenoxy) is 2. The molecule has 3 aromatic rings. The minimum atomic E-state index is 0.123. The van der Waals surface area contributed by atoms with Gasteiger partial charge in [-0.25, -0.2) is 0 Å². The Hall–Kier alpha value is -2.64. The number of aromatic hydroxyl groups is 1. The van der Waals surface area contributed by atoms with Crippen molar-refractivity contribution >= 4 is 46.0 Å². The second-order valence-corrected chi connectivity index (χ2v) is 6.90. The van der Waals surface area contributed by atoms with Crippen molar-refractivity contribution in [3.63, 3.8) is 0 Å². The second-order valence-electron chi connectivity index (χ2n) is 6.02. The summed E-state index contributed by atoms with van der Waals surface area (Å²) in [7, 11) is 5.10. The molecule has 5 nitrogen and oxygen atoms in total. The van der Waals surface area contributed by atoms with Gasteiger partial charge < -0.3 is 24.5 Å². The number of nitrogens with one attached hydrogen (secondary N) is 1. The lowest BCUT2D eigenvalue weighted by molar-refractivity contribution is 0.415. The van der Waals surface area contributed by atoms with Crippen molar-refractivity contribution in [2.24, 2.45) is 0 Å². The zero-order valence-electron chi connectivity index (χ0n) is 15.3. The quantitative estimate of drug-likeness (QED) is 0.609. The van der Waals surface area contributed by atoms with E-state index >= 15 is 0 Å². The molecule has 0 unspecified atom stereocenters. The van der Waals surface area contributed by atoms with Gasteiger partial charge in [0, 0.05) is 30.1 Å².